The molecule has 1 aliphatic carbocycles. The Morgan fingerprint density at radius 3 is 2.29 bits per heavy atom. The molecule has 1 aliphatic rings. The van der Waals surface area contributed by atoms with Gasteiger partial charge in [0, 0.05) is 0 Å². The molecule has 0 unspecified atom stereocenters. The highest BCUT2D eigenvalue weighted by atomic mass is 16.5. The maximum Gasteiger partial charge on any atom is 0.311 e. The van der Waals surface area contributed by atoms with E-state index in [1.165, 1.54) is 36.0 Å². The van der Waals surface area contributed by atoms with Crippen molar-refractivity contribution in [1.82, 2.24) is 0 Å². The number of hydrogen-bond acceptors (Lipinski definition) is 2. The molecule has 0 heterocycles. The summed E-state index contributed by atoms with van der Waals surface area (Å²) >= 11 is 0. The minimum Gasteiger partial charge on any atom is -0.461 e. The van der Waals surface area contributed by atoms with Gasteiger partial charge in [-0.3, -0.25) is 4.79 Å². The van der Waals surface area contributed by atoms with E-state index in [2.05, 4.69) is 78.8 Å². The summed E-state index contributed by atoms with van der Waals surface area (Å²) in [6, 6.07) is 0. The van der Waals surface area contributed by atoms with Gasteiger partial charge in [-0.1, -0.05) is 81.7 Å². The first kappa shape index (κ1) is 27.2. The van der Waals surface area contributed by atoms with Crippen LogP contribution in [0.5, 0.6) is 0 Å². The molecule has 0 aliphatic heterocycles. The standard InChI is InChI=1S/C29H46O2/c1-22(16-17-25-24(3)15-12-19-28(25,7)8)13-11-14-23(2)18-20-31-26(30)29(9,10)21-27(4,5)6/h11,13-14,16-18H,12,15,19-21H2,1-10H3/b14-11+,17-16+,22-13+,23-18+. The first-order chi connectivity index (χ1) is 14.1. The van der Waals surface area contributed by atoms with Crippen LogP contribution in [0.4, 0.5) is 0 Å². The first-order valence-electron chi connectivity index (χ1n) is 11.7. The third kappa shape index (κ3) is 9.89. The van der Waals surface area contributed by atoms with E-state index < -0.39 is 5.41 Å². The molecule has 0 bridgehead atoms. The molecule has 0 spiro atoms. The Balaban J connectivity index is 2.62. The van der Waals surface area contributed by atoms with E-state index in [1.807, 2.05) is 26.8 Å². The number of rotatable bonds is 8. The molecule has 174 valence electrons. The Hall–Kier alpha value is -1.83. The summed E-state index contributed by atoms with van der Waals surface area (Å²) in [5, 5.41) is 0. The number of hydrogen-bond donors (Lipinski definition) is 0. The Labute approximate surface area is 192 Å². The second kappa shape index (κ2) is 11.2. The van der Waals surface area contributed by atoms with Crippen molar-refractivity contribution >= 4 is 5.97 Å². The Morgan fingerprint density at radius 2 is 1.71 bits per heavy atom. The molecule has 0 aromatic carbocycles. The summed E-state index contributed by atoms with van der Waals surface area (Å²) in [6.45, 7) is 21.8. The Morgan fingerprint density at radius 1 is 1.06 bits per heavy atom. The van der Waals surface area contributed by atoms with Crippen LogP contribution in [0.1, 0.15) is 94.9 Å². The van der Waals surface area contributed by atoms with E-state index in [9.17, 15) is 4.79 Å². The summed E-state index contributed by atoms with van der Waals surface area (Å²) in [5.74, 6) is -0.133. The van der Waals surface area contributed by atoms with Crippen molar-refractivity contribution in [1.29, 1.82) is 0 Å². The SMILES string of the molecule is CC1=C(/C=C/C(C)=C/C=C/C(C)=C/COC(=O)C(C)(C)CC(C)(C)C)C(C)(C)CCC1. The van der Waals surface area contributed by atoms with Gasteiger partial charge in [-0.25, -0.2) is 0 Å². The van der Waals surface area contributed by atoms with Crippen molar-refractivity contribution in [2.45, 2.75) is 94.9 Å². The molecule has 0 amide bonds. The van der Waals surface area contributed by atoms with Gasteiger partial charge in [0.15, 0.2) is 0 Å². The molecule has 2 heteroatoms. The number of esters is 1. The van der Waals surface area contributed by atoms with Crippen LogP contribution in [0.3, 0.4) is 0 Å². The average Bonchev–Trinajstić information content (AvgIpc) is 2.58. The third-order valence-electron chi connectivity index (χ3n) is 5.92. The van der Waals surface area contributed by atoms with Gasteiger partial charge in [0.05, 0.1) is 5.41 Å². The second-order valence-electron chi connectivity index (χ2n) is 11.7. The lowest BCUT2D eigenvalue weighted by Gasteiger charge is -2.32. The zero-order chi connectivity index (χ0) is 23.9. The highest BCUT2D eigenvalue weighted by Gasteiger charge is 2.33. The van der Waals surface area contributed by atoms with Crippen molar-refractivity contribution < 1.29 is 9.53 Å². The predicted molar refractivity (Wildman–Crippen MR) is 135 cm³/mol. The number of carbonyl (C=O) groups excluding carboxylic acids is 1. The van der Waals surface area contributed by atoms with Gasteiger partial charge in [-0.2, -0.15) is 0 Å². The van der Waals surface area contributed by atoms with Crippen LogP contribution in [-0.4, -0.2) is 12.6 Å². The molecule has 0 aromatic heterocycles. The molecular formula is C29H46O2. The van der Waals surface area contributed by atoms with Crippen molar-refractivity contribution in [2.75, 3.05) is 6.61 Å². The first-order valence-corrected chi connectivity index (χ1v) is 11.7. The van der Waals surface area contributed by atoms with Crippen molar-refractivity contribution in [3.8, 4) is 0 Å². The van der Waals surface area contributed by atoms with Gasteiger partial charge in [0.2, 0.25) is 0 Å². The molecular weight excluding hydrogens is 380 g/mol. The zero-order valence-electron chi connectivity index (χ0n) is 21.8. The molecule has 31 heavy (non-hydrogen) atoms. The molecule has 0 radical (unpaired) electrons. The Kier molecular flexibility index (Phi) is 9.79. The molecule has 0 aromatic rings. The molecule has 0 N–H and O–H groups in total. The highest BCUT2D eigenvalue weighted by Crippen LogP contribution is 2.40. The van der Waals surface area contributed by atoms with Gasteiger partial charge in [-0.05, 0) is 82.8 Å². The lowest BCUT2D eigenvalue weighted by atomic mass is 9.72. The van der Waals surface area contributed by atoms with Gasteiger partial charge >= 0.3 is 5.97 Å². The molecule has 1 rings (SSSR count). The van der Waals surface area contributed by atoms with Crippen LogP contribution in [0, 0.1) is 16.2 Å². The monoisotopic (exact) mass is 426 g/mol. The van der Waals surface area contributed by atoms with Gasteiger partial charge < -0.3 is 4.74 Å². The second-order valence-corrected chi connectivity index (χ2v) is 11.7. The maximum absolute atomic E-state index is 12.4. The van der Waals surface area contributed by atoms with Crippen molar-refractivity contribution in [2.24, 2.45) is 16.2 Å². The fourth-order valence-corrected chi connectivity index (χ4v) is 4.54. The summed E-state index contributed by atoms with van der Waals surface area (Å²) < 4.78 is 5.51. The van der Waals surface area contributed by atoms with Gasteiger partial charge in [0.25, 0.3) is 0 Å². The molecule has 0 saturated heterocycles. The van der Waals surface area contributed by atoms with Crippen LogP contribution in [0.25, 0.3) is 0 Å². The largest absolute Gasteiger partial charge is 0.461 e. The number of ether oxygens (including phenoxy) is 1. The van der Waals surface area contributed by atoms with E-state index in [4.69, 9.17) is 4.74 Å². The number of allylic oxidation sites excluding steroid dienone is 9. The fraction of sp³-hybridized carbons (Fsp3) is 0.621. The Bertz CT molecular complexity index is 774. The minimum absolute atomic E-state index is 0.0949. The number of carbonyl (C=O) groups is 1. The van der Waals surface area contributed by atoms with Crippen molar-refractivity contribution in [3.05, 3.63) is 58.7 Å². The highest BCUT2D eigenvalue weighted by molar-refractivity contribution is 5.76. The summed E-state index contributed by atoms with van der Waals surface area (Å²) in [6.07, 6.45) is 17.3. The van der Waals surface area contributed by atoms with E-state index in [0.717, 1.165) is 12.0 Å². The lowest BCUT2D eigenvalue weighted by molar-refractivity contribution is -0.154. The van der Waals surface area contributed by atoms with E-state index in [0.29, 0.717) is 6.61 Å². The zero-order valence-corrected chi connectivity index (χ0v) is 21.8. The van der Waals surface area contributed by atoms with E-state index in [1.54, 1.807) is 0 Å². The van der Waals surface area contributed by atoms with Crippen molar-refractivity contribution in [3.63, 3.8) is 0 Å². The molecule has 0 atom stereocenters. The summed E-state index contributed by atoms with van der Waals surface area (Å²) in [7, 11) is 0. The normalized spacial score (nSPS) is 18.9. The molecule has 0 fully saturated rings. The van der Waals surface area contributed by atoms with Crippen LogP contribution in [0.15, 0.2) is 58.7 Å². The summed E-state index contributed by atoms with van der Waals surface area (Å²) in [5.41, 5.74) is 5.22. The smallest absolute Gasteiger partial charge is 0.311 e. The van der Waals surface area contributed by atoms with Crippen LogP contribution in [-0.2, 0) is 9.53 Å². The van der Waals surface area contributed by atoms with Crippen LogP contribution >= 0.6 is 0 Å². The van der Waals surface area contributed by atoms with Crippen LogP contribution in [0.2, 0.25) is 0 Å². The molecule has 2 nitrogen and oxygen atoms in total. The third-order valence-corrected chi connectivity index (χ3v) is 5.92. The summed E-state index contributed by atoms with van der Waals surface area (Å²) in [4.78, 5) is 12.4. The fourth-order valence-electron chi connectivity index (χ4n) is 4.54. The molecule has 0 saturated carbocycles. The van der Waals surface area contributed by atoms with E-state index in [-0.39, 0.29) is 16.8 Å². The lowest BCUT2D eigenvalue weighted by Crippen LogP contribution is -2.31. The quantitative estimate of drug-likeness (QED) is 0.287. The predicted octanol–water partition coefficient (Wildman–Crippen LogP) is 8.52. The maximum atomic E-state index is 12.4. The van der Waals surface area contributed by atoms with Crippen LogP contribution < -0.4 is 0 Å². The topological polar surface area (TPSA) is 26.3 Å². The van der Waals surface area contributed by atoms with Gasteiger partial charge in [-0.15, -0.1) is 0 Å². The minimum atomic E-state index is -0.470. The average molecular weight is 427 g/mol. The van der Waals surface area contributed by atoms with Gasteiger partial charge in [0.1, 0.15) is 6.61 Å². The van der Waals surface area contributed by atoms with E-state index >= 15 is 0 Å².